The summed E-state index contributed by atoms with van der Waals surface area (Å²) in [6, 6.07) is 19.2. The number of carboxylic acid groups (broad SMARTS) is 1. The molecule has 2 aromatic heterocycles. The van der Waals surface area contributed by atoms with E-state index in [-0.39, 0.29) is 11.6 Å². The number of urea groups is 1. The number of benzene rings is 2. The fourth-order valence-corrected chi connectivity index (χ4v) is 3.39. The van der Waals surface area contributed by atoms with Crippen molar-refractivity contribution in [3.63, 3.8) is 0 Å². The molecule has 4 rings (SSSR count). The van der Waals surface area contributed by atoms with E-state index in [0.29, 0.717) is 29.8 Å². The summed E-state index contributed by atoms with van der Waals surface area (Å²) in [5.41, 5.74) is 5.08. The van der Waals surface area contributed by atoms with Crippen molar-refractivity contribution in [2.45, 2.75) is 6.42 Å². The van der Waals surface area contributed by atoms with Crippen LogP contribution in [0.3, 0.4) is 0 Å². The minimum atomic E-state index is -0.984. The van der Waals surface area contributed by atoms with E-state index in [9.17, 15) is 9.59 Å². The van der Waals surface area contributed by atoms with E-state index in [2.05, 4.69) is 32.4 Å². The normalized spacial score (nSPS) is 10.1. The van der Waals surface area contributed by atoms with Gasteiger partial charge in [-0.15, -0.1) is 0 Å². The minimum absolute atomic E-state index is 0.203. The molecule has 0 aliphatic rings. The fraction of sp³-hybridized carbons (Fsp3) is 0.0714. The summed E-state index contributed by atoms with van der Waals surface area (Å²) < 4.78 is 0. The van der Waals surface area contributed by atoms with Gasteiger partial charge in [0, 0.05) is 48.1 Å². The summed E-state index contributed by atoms with van der Waals surface area (Å²) in [5.74, 6) is 5.25. The first-order valence-corrected chi connectivity index (χ1v) is 10.9. The number of amides is 2. The highest BCUT2D eigenvalue weighted by atomic mass is 16.4. The fourth-order valence-electron chi connectivity index (χ4n) is 3.39. The highest BCUT2D eigenvalue weighted by Crippen LogP contribution is 2.26. The maximum Gasteiger partial charge on any atom is 0.335 e. The summed E-state index contributed by atoms with van der Waals surface area (Å²) in [5, 5.41) is 14.8. The number of anilines is 1. The van der Waals surface area contributed by atoms with Crippen LogP contribution >= 0.6 is 0 Å². The van der Waals surface area contributed by atoms with E-state index < -0.39 is 5.97 Å². The SMILES string of the molecule is O=C(NCCc1cccnc1)Nc1ccc(-c2ccncc2)c(C#Cc2ccc(C(=O)O)cc2)c1. The lowest BCUT2D eigenvalue weighted by Gasteiger charge is -2.11. The van der Waals surface area contributed by atoms with Gasteiger partial charge in [0.15, 0.2) is 0 Å². The van der Waals surface area contributed by atoms with E-state index >= 15 is 0 Å². The number of hydrogen-bond donors (Lipinski definition) is 3. The molecule has 35 heavy (non-hydrogen) atoms. The molecule has 0 fully saturated rings. The molecule has 0 atom stereocenters. The van der Waals surface area contributed by atoms with Crippen molar-refractivity contribution in [1.29, 1.82) is 0 Å². The Morgan fingerprint density at radius 1 is 0.886 bits per heavy atom. The molecule has 0 aliphatic heterocycles. The number of rotatable bonds is 6. The van der Waals surface area contributed by atoms with Gasteiger partial charge in [0.2, 0.25) is 0 Å². The maximum atomic E-state index is 12.4. The van der Waals surface area contributed by atoms with Crippen LogP contribution in [-0.4, -0.2) is 33.6 Å². The van der Waals surface area contributed by atoms with Crippen LogP contribution < -0.4 is 10.6 Å². The molecule has 2 aromatic carbocycles. The molecule has 2 amide bonds. The maximum absolute atomic E-state index is 12.4. The van der Waals surface area contributed by atoms with Crippen molar-refractivity contribution in [2.75, 3.05) is 11.9 Å². The molecule has 0 aliphatic carbocycles. The third-order valence-corrected chi connectivity index (χ3v) is 5.16. The largest absolute Gasteiger partial charge is 0.478 e. The van der Waals surface area contributed by atoms with Crippen LogP contribution in [0.15, 0.2) is 91.5 Å². The Kier molecular flexibility index (Phi) is 7.46. The van der Waals surface area contributed by atoms with Gasteiger partial charge in [-0.05, 0) is 77.7 Å². The highest BCUT2D eigenvalue weighted by molar-refractivity contribution is 5.90. The third kappa shape index (κ3) is 6.53. The molecule has 7 nitrogen and oxygen atoms in total. The van der Waals surface area contributed by atoms with Crippen molar-refractivity contribution in [3.05, 3.63) is 114 Å². The molecule has 0 unspecified atom stereocenters. The molecule has 0 spiro atoms. The van der Waals surface area contributed by atoms with Crippen molar-refractivity contribution < 1.29 is 14.7 Å². The lowest BCUT2D eigenvalue weighted by molar-refractivity contribution is 0.0697. The van der Waals surface area contributed by atoms with E-state index in [4.69, 9.17) is 5.11 Å². The number of hydrogen-bond acceptors (Lipinski definition) is 4. The van der Waals surface area contributed by atoms with E-state index in [1.807, 2.05) is 42.5 Å². The Morgan fingerprint density at radius 2 is 1.69 bits per heavy atom. The standard InChI is InChI=1S/C28H22N4O3/c33-27(34)23-6-3-20(4-7-23)5-8-24-18-25(9-10-26(24)22-12-15-29-16-13-22)32-28(35)31-17-11-21-2-1-14-30-19-21/h1-4,6-7,9-10,12-16,18-19H,11,17H2,(H,33,34)(H2,31,32,35). The molecule has 0 saturated heterocycles. The monoisotopic (exact) mass is 462 g/mol. The number of nitrogens with one attached hydrogen (secondary N) is 2. The molecule has 0 radical (unpaired) electrons. The number of nitrogens with zero attached hydrogens (tertiary/aromatic N) is 2. The molecule has 4 aromatic rings. The Morgan fingerprint density at radius 3 is 2.40 bits per heavy atom. The van der Waals surface area contributed by atoms with Crippen molar-refractivity contribution in [1.82, 2.24) is 15.3 Å². The summed E-state index contributed by atoms with van der Waals surface area (Å²) in [6.45, 7) is 0.478. The number of pyridine rings is 2. The van der Waals surface area contributed by atoms with Gasteiger partial charge in [-0.2, -0.15) is 0 Å². The molecule has 172 valence electrons. The van der Waals surface area contributed by atoms with Crippen molar-refractivity contribution in [2.24, 2.45) is 0 Å². The van der Waals surface area contributed by atoms with Crippen molar-refractivity contribution in [3.8, 4) is 23.0 Å². The number of carbonyl (C=O) groups excluding carboxylic acids is 1. The molecule has 0 bridgehead atoms. The number of aromatic carboxylic acids is 1. The van der Waals surface area contributed by atoms with Gasteiger partial charge in [0.1, 0.15) is 0 Å². The molecule has 7 heteroatoms. The van der Waals surface area contributed by atoms with Crippen LogP contribution in [0.1, 0.15) is 27.0 Å². The molecule has 2 heterocycles. The van der Waals surface area contributed by atoms with Crippen molar-refractivity contribution >= 4 is 17.7 Å². The van der Waals surface area contributed by atoms with Crippen LogP contribution in [0.25, 0.3) is 11.1 Å². The first kappa shape index (κ1) is 23.2. The summed E-state index contributed by atoms with van der Waals surface area (Å²) >= 11 is 0. The van der Waals surface area contributed by atoms with Crippen LogP contribution in [0, 0.1) is 11.8 Å². The highest BCUT2D eigenvalue weighted by Gasteiger charge is 2.08. The minimum Gasteiger partial charge on any atom is -0.478 e. The summed E-state index contributed by atoms with van der Waals surface area (Å²) in [6.07, 6.45) is 7.58. The average Bonchev–Trinajstić information content (AvgIpc) is 2.89. The van der Waals surface area contributed by atoms with E-state index in [1.54, 1.807) is 36.9 Å². The molecule has 3 N–H and O–H groups in total. The van der Waals surface area contributed by atoms with E-state index in [1.165, 1.54) is 12.1 Å². The lowest BCUT2D eigenvalue weighted by Crippen LogP contribution is -2.30. The number of carboxylic acids is 1. The van der Waals surface area contributed by atoms with Gasteiger partial charge in [-0.25, -0.2) is 9.59 Å². The zero-order chi connectivity index (χ0) is 24.5. The van der Waals surface area contributed by atoms with Gasteiger partial charge < -0.3 is 15.7 Å². The predicted molar refractivity (Wildman–Crippen MR) is 134 cm³/mol. The smallest absolute Gasteiger partial charge is 0.335 e. The summed E-state index contributed by atoms with van der Waals surface area (Å²) in [7, 11) is 0. The Bertz CT molecular complexity index is 1380. The van der Waals surface area contributed by atoms with E-state index in [0.717, 1.165) is 16.7 Å². The zero-order valence-corrected chi connectivity index (χ0v) is 18.7. The first-order valence-electron chi connectivity index (χ1n) is 10.9. The first-order chi connectivity index (χ1) is 17.1. The predicted octanol–water partition coefficient (Wildman–Crippen LogP) is 4.61. The van der Waals surface area contributed by atoms with Gasteiger partial charge in [-0.3, -0.25) is 9.97 Å². The molecular weight excluding hydrogens is 440 g/mol. The molecule has 0 saturated carbocycles. The van der Waals surface area contributed by atoms with Crippen LogP contribution in [0.5, 0.6) is 0 Å². The quantitative estimate of drug-likeness (QED) is 0.363. The van der Waals surface area contributed by atoms with Gasteiger partial charge >= 0.3 is 12.0 Å². The zero-order valence-electron chi connectivity index (χ0n) is 18.7. The third-order valence-electron chi connectivity index (χ3n) is 5.16. The second-order valence-electron chi connectivity index (χ2n) is 7.62. The average molecular weight is 463 g/mol. The van der Waals surface area contributed by atoms with Crippen LogP contribution in [0.4, 0.5) is 10.5 Å². The molecular formula is C28H22N4O3. The lowest BCUT2D eigenvalue weighted by atomic mass is 9.99. The topological polar surface area (TPSA) is 104 Å². The second-order valence-corrected chi connectivity index (χ2v) is 7.62. The number of aromatic nitrogens is 2. The Hall–Kier alpha value is -4.96. The van der Waals surface area contributed by atoms with Gasteiger partial charge in [0.25, 0.3) is 0 Å². The van der Waals surface area contributed by atoms with Crippen LogP contribution in [-0.2, 0) is 6.42 Å². The second kappa shape index (κ2) is 11.3. The Labute approximate surface area is 202 Å². The van der Waals surface area contributed by atoms with Crippen LogP contribution in [0.2, 0.25) is 0 Å². The van der Waals surface area contributed by atoms with Gasteiger partial charge in [-0.1, -0.05) is 24.0 Å². The number of carbonyl (C=O) groups is 2. The summed E-state index contributed by atoms with van der Waals surface area (Å²) in [4.78, 5) is 31.6. The Balaban J connectivity index is 1.52. The van der Waals surface area contributed by atoms with Gasteiger partial charge in [0.05, 0.1) is 5.56 Å².